The van der Waals surface area contributed by atoms with Crippen molar-refractivity contribution in [2.24, 2.45) is 16.8 Å². The number of carbonyl (C=O) groups is 3. The number of anilines is 1. The van der Waals surface area contributed by atoms with Crippen molar-refractivity contribution >= 4 is 29.2 Å². The molecule has 4 rings (SSSR count). The molecular formula is C24H24N2O5. The van der Waals surface area contributed by atoms with Crippen LogP contribution in [0, 0.1) is 11.8 Å². The van der Waals surface area contributed by atoms with Crippen molar-refractivity contribution in [2.45, 2.75) is 32.4 Å². The summed E-state index contributed by atoms with van der Waals surface area (Å²) >= 11 is 0. The molecule has 2 aromatic carbocycles. The van der Waals surface area contributed by atoms with Crippen LogP contribution in [0.2, 0.25) is 0 Å². The highest BCUT2D eigenvalue weighted by Gasteiger charge is 2.58. The predicted octanol–water partition coefficient (Wildman–Crippen LogP) is 3.47. The topological polar surface area (TPSA) is 85.3 Å². The molecule has 160 valence electrons. The summed E-state index contributed by atoms with van der Waals surface area (Å²) in [6, 6.07) is 15.6. The predicted molar refractivity (Wildman–Crippen MR) is 115 cm³/mol. The lowest BCUT2D eigenvalue weighted by atomic mass is 9.87. The van der Waals surface area contributed by atoms with Crippen LogP contribution < -0.4 is 9.64 Å². The third-order valence-electron chi connectivity index (χ3n) is 5.52. The average molecular weight is 420 g/mol. The second-order valence-corrected chi connectivity index (χ2v) is 8.13. The van der Waals surface area contributed by atoms with Gasteiger partial charge in [0, 0.05) is 12.0 Å². The number of nitrogens with zero attached hydrogens (tertiary/aromatic N) is 2. The lowest BCUT2D eigenvalue weighted by Crippen LogP contribution is -2.40. The van der Waals surface area contributed by atoms with E-state index in [9.17, 15) is 14.4 Å². The van der Waals surface area contributed by atoms with Gasteiger partial charge in [0.25, 0.3) is 0 Å². The van der Waals surface area contributed by atoms with E-state index in [0.29, 0.717) is 23.4 Å². The van der Waals surface area contributed by atoms with Crippen molar-refractivity contribution in [3.63, 3.8) is 0 Å². The second-order valence-electron chi connectivity index (χ2n) is 8.13. The fourth-order valence-corrected chi connectivity index (χ4v) is 4.07. The molecule has 2 atom stereocenters. The number of cyclic esters (lactones) is 1. The Labute approximate surface area is 180 Å². The Morgan fingerprint density at radius 3 is 2.39 bits per heavy atom. The van der Waals surface area contributed by atoms with Gasteiger partial charge in [0.1, 0.15) is 17.4 Å². The van der Waals surface area contributed by atoms with Crippen LogP contribution in [0.4, 0.5) is 5.69 Å². The van der Waals surface area contributed by atoms with Gasteiger partial charge in [0.15, 0.2) is 0 Å². The lowest BCUT2D eigenvalue weighted by Gasteiger charge is -2.30. The first-order valence-corrected chi connectivity index (χ1v) is 10.2. The SMILES string of the molecule is COc1ccc(C2(C3CC(=O)N(c4ccccc4)C3=O)N=C(CC(C)C)C(=O)O2)cc1. The Bertz CT molecular complexity index is 1050. The molecule has 0 spiro atoms. The summed E-state index contributed by atoms with van der Waals surface area (Å²) < 4.78 is 11.1. The van der Waals surface area contributed by atoms with Crippen molar-refractivity contribution in [3.05, 3.63) is 60.2 Å². The molecule has 2 unspecified atom stereocenters. The molecule has 1 saturated heterocycles. The number of hydrogen-bond acceptors (Lipinski definition) is 6. The highest BCUT2D eigenvalue weighted by Crippen LogP contribution is 2.46. The van der Waals surface area contributed by atoms with Crippen molar-refractivity contribution < 1.29 is 23.9 Å². The largest absolute Gasteiger partial charge is 0.497 e. The third-order valence-corrected chi connectivity index (χ3v) is 5.52. The highest BCUT2D eigenvalue weighted by molar-refractivity contribution is 6.38. The molecule has 7 nitrogen and oxygen atoms in total. The van der Waals surface area contributed by atoms with Crippen molar-refractivity contribution in [1.29, 1.82) is 0 Å². The monoisotopic (exact) mass is 420 g/mol. The van der Waals surface area contributed by atoms with Crippen LogP contribution in [0.1, 0.15) is 32.3 Å². The van der Waals surface area contributed by atoms with Gasteiger partial charge in [-0.3, -0.25) is 14.5 Å². The molecule has 2 amide bonds. The molecule has 2 aliphatic heterocycles. The maximum atomic E-state index is 13.5. The summed E-state index contributed by atoms with van der Waals surface area (Å²) in [6.45, 7) is 3.95. The van der Waals surface area contributed by atoms with E-state index in [0.717, 1.165) is 4.90 Å². The molecule has 31 heavy (non-hydrogen) atoms. The minimum atomic E-state index is -1.58. The Morgan fingerprint density at radius 2 is 1.77 bits per heavy atom. The zero-order chi connectivity index (χ0) is 22.2. The minimum absolute atomic E-state index is 0.106. The second kappa shape index (κ2) is 7.98. The Kier molecular flexibility index (Phi) is 5.35. The summed E-state index contributed by atoms with van der Waals surface area (Å²) in [4.78, 5) is 44.9. The molecule has 0 aliphatic carbocycles. The fourth-order valence-electron chi connectivity index (χ4n) is 4.07. The maximum Gasteiger partial charge on any atom is 0.354 e. The summed E-state index contributed by atoms with van der Waals surface area (Å²) in [5, 5.41) is 0. The molecular weight excluding hydrogens is 396 g/mol. The molecule has 0 N–H and O–H groups in total. The third kappa shape index (κ3) is 3.60. The molecule has 2 aliphatic rings. The minimum Gasteiger partial charge on any atom is -0.497 e. The van der Waals surface area contributed by atoms with E-state index in [4.69, 9.17) is 9.47 Å². The summed E-state index contributed by atoms with van der Waals surface area (Å²) in [7, 11) is 1.55. The Hall–Kier alpha value is -3.48. The van der Waals surface area contributed by atoms with Crippen molar-refractivity contribution in [3.8, 4) is 5.75 Å². The van der Waals surface area contributed by atoms with Gasteiger partial charge >= 0.3 is 5.97 Å². The van der Waals surface area contributed by atoms with Crippen LogP contribution in [0.5, 0.6) is 5.75 Å². The van der Waals surface area contributed by atoms with Crippen LogP contribution in [-0.2, 0) is 24.8 Å². The Balaban J connectivity index is 1.80. The lowest BCUT2D eigenvalue weighted by molar-refractivity contribution is -0.156. The highest BCUT2D eigenvalue weighted by atomic mass is 16.6. The molecule has 1 fully saturated rings. The normalized spacial score (nSPS) is 23.4. The van der Waals surface area contributed by atoms with Gasteiger partial charge in [-0.1, -0.05) is 32.0 Å². The van der Waals surface area contributed by atoms with Gasteiger partial charge in [-0.2, -0.15) is 0 Å². The van der Waals surface area contributed by atoms with Gasteiger partial charge in [-0.15, -0.1) is 0 Å². The van der Waals surface area contributed by atoms with Gasteiger partial charge < -0.3 is 9.47 Å². The van der Waals surface area contributed by atoms with Crippen molar-refractivity contribution in [2.75, 3.05) is 12.0 Å². The van der Waals surface area contributed by atoms with E-state index in [1.807, 2.05) is 19.9 Å². The number of amides is 2. The van der Waals surface area contributed by atoms with Crippen LogP contribution >= 0.6 is 0 Å². The number of ether oxygens (including phenoxy) is 2. The van der Waals surface area contributed by atoms with Gasteiger partial charge in [0.05, 0.1) is 12.8 Å². The number of methoxy groups -OCH3 is 1. The number of benzene rings is 2. The standard InChI is InChI=1S/C24H24N2O5/c1-15(2)13-20-23(29)31-24(25-20,16-9-11-18(30-3)12-10-16)19-14-21(27)26(22(19)28)17-7-5-4-6-8-17/h4-12,15,19H,13-14H2,1-3H3. The van der Waals surface area contributed by atoms with Crippen LogP contribution in [0.15, 0.2) is 59.6 Å². The van der Waals surface area contributed by atoms with Crippen molar-refractivity contribution in [1.82, 2.24) is 0 Å². The number of para-hydroxylation sites is 1. The van der Waals surface area contributed by atoms with E-state index >= 15 is 0 Å². The molecule has 0 radical (unpaired) electrons. The summed E-state index contributed by atoms with van der Waals surface area (Å²) in [5.74, 6) is -1.49. The van der Waals surface area contributed by atoms with Gasteiger partial charge in [-0.05, 0) is 48.7 Å². The smallest absolute Gasteiger partial charge is 0.354 e. The molecule has 0 bridgehead atoms. The van der Waals surface area contributed by atoms with E-state index in [-0.39, 0.29) is 24.0 Å². The first kappa shape index (κ1) is 20.8. The quantitative estimate of drug-likeness (QED) is 0.528. The van der Waals surface area contributed by atoms with E-state index < -0.39 is 23.5 Å². The van der Waals surface area contributed by atoms with E-state index in [1.54, 1.807) is 55.6 Å². The number of aliphatic imine (C=N–C) groups is 1. The maximum absolute atomic E-state index is 13.5. The number of carbonyl (C=O) groups excluding carboxylic acids is 3. The first-order valence-electron chi connectivity index (χ1n) is 10.2. The molecule has 0 saturated carbocycles. The van der Waals surface area contributed by atoms with E-state index in [2.05, 4.69) is 4.99 Å². The number of imide groups is 1. The summed E-state index contributed by atoms with van der Waals surface area (Å²) in [5.41, 5.74) is -0.282. The van der Waals surface area contributed by atoms with E-state index in [1.165, 1.54) is 0 Å². The van der Waals surface area contributed by atoms with Gasteiger partial charge in [0.2, 0.25) is 17.5 Å². The van der Waals surface area contributed by atoms with Gasteiger partial charge in [-0.25, -0.2) is 9.79 Å². The molecule has 2 aromatic rings. The zero-order valence-corrected chi connectivity index (χ0v) is 17.7. The number of rotatable bonds is 6. The average Bonchev–Trinajstić information content (AvgIpc) is 3.25. The molecule has 0 aromatic heterocycles. The number of esters is 1. The Morgan fingerprint density at radius 1 is 1.10 bits per heavy atom. The fraction of sp³-hybridized carbons (Fsp3) is 0.333. The first-order chi connectivity index (χ1) is 14.9. The van der Waals surface area contributed by atoms with Crippen LogP contribution in [0.3, 0.4) is 0 Å². The van der Waals surface area contributed by atoms with Crippen LogP contribution in [0.25, 0.3) is 0 Å². The van der Waals surface area contributed by atoms with Crippen LogP contribution in [-0.4, -0.2) is 30.6 Å². The zero-order valence-electron chi connectivity index (χ0n) is 17.7. The number of hydrogen-bond donors (Lipinski definition) is 0. The molecule has 7 heteroatoms. The summed E-state index contributed by atoms with van der Waals surface area (Å²) in [6.07, 6.45) is 0.319. The molecule has 2 heterocycles.